The van der Waals surface area contributed by atoms with E-state index >= 15 is 0 Å². The summed E-state index contributed by atoms with van der Waals surface area (Å²) in [6.07, 6.45) is 3.50. The van der Waals surface area contributed by atoms with Gasteiger partial charge >= 0.3 is 0 Å². The van der Waals surface area contributed by atoms with Crippen molar-refractivity contribution in [3.05, 3.63) is 48.5 Å². The molecule has 0 aliphatic carbocycles. The molecule has 1 aromatic carbocycles. The zero-order valence-electron chi connectivity index (χ0n) is 8.72. The van der Waals surface area contributed by atoms with E-state index in [0.717, 1.165) is 20.8 Å². The van der Waals surface area contributed by atoms with Crippen LogP contribution in [0.3, 0.4) is 0 Å². The van der Waals surface area contributed by atoms with E-state index in [9.17, 15) is 4.39 Å². The van der Waals surface area contributed by atoms with Gasteiger partial charge in [-0.3, -0.25) is 5.10 Å². The van der Waals surface area contributed by atoms with Gasteiger partial charge in [-0.1, -0.05) is 11.8 Å². The molecule has 2 aromatic heterocycles. The zero-order valence-corrected chi connectivity index (χ0v) is 9.54. The highest BCUT2D eigenvalue weighted by atomic mass is 32.2. The molecule has 0 fully saturated rings. The lowest BCUT2D eigenvalue weighted by Crippen LogP contribution is -1.80. The van der Waals surface area contributed by atoms with E-state index < -0.39 is 0 Å². The molecule has 0 radical (unpaired) electrons. The Bertz CT molecular complexity index is 648. The summed E-state index contributed by atoms with van der Waals surface area (Å²) in [6, 6.07) is 8.31. The summed E-state index contributed by atoms with van der Waals surface area (Å²) in [5.74, 6) is -0.229. The van der Waals surface area contributed by atoms with Crippen molar-refractivity contribution in [3.63, 3.8) is 0 Å². The molecular formula is C12H8FN3S. The van der Waals surface area contributed by atoms with Crippen LogP contribution in [0.2, 0.25) is 0 Å². The van der Waals surface area contributed by atoms with Crippen LogP contribution in [-0.2, 0) is 0 Å². The lowest BCUT2D eigenvalue weighted by molar-refractivity contribution is 0.626. The first kappa shape index (κ1) is 10.3. The Morgan fingerprint density at radius 1 is 1.12 bits per heavy atom. The van der Waals surface area contributed by atoms with Crippen LogP contribution in [0.1, 0.15) is 0 Å². The van der Waals surface area contributed by atoms with E-state index in [1.54, 1.807) is 24.5 Å². The number of rotatable bonds is 2. The van der Waals surface area contributed by atoms with E-state index in [1.807, 2.05) is 6.07 Å². The number of nitrogens with one attached hydrogen (secondary N) is 1. The first-order chi connectivity index (χ1) is 8.31. The standard InChI is InChI=1S/C12H8FN3S/c13-9-1-3-10(4-2-9)17-12-5-8-6-15-16-11(8)7-14-12/h1-7H,(H,15,16). The highest BCUT2D eigenvalue weighted by Crippen LogP contribution is 2.27. The molecule has 0 saturated heterocycles. The predicted octanol–water partition coefficient (Wildman–Crippen LogP) is 3.25. The third kappa shape index (κ3) is 2.14. The van der Waals surface area contributed by atoms with Crippen LogP contribution in [0.4, 0.5) is 4.39 Å². The molecule has 0 bridgehead atoms. The summed E-state index contributed by atoms with van der Waals surface area (Å²) >= 11 is 1.50. The van der Waals surface area contributed by atoms with Crippen LogP contribution >= 0.6 is 11.8 Å². The van der Waals surface area contributed by atoms with Crippen LogP contribution in [0.15, 0.2) is 52.6 Å². The fourth-order valence-electron chi connectivity index (χ4n) is 1.50. The second-order valence-electron chi connectivity index (χ2n) is 3.54. The Balaban J connectivity index is 1.91. The van der Waals surface area contributed by atoms with E-state index in [1.165, 1.54) is 23.9 Å². The molecule has 0 aliphatic heterocycles. The van der Waals surface area contributed by atoms with Gasteiger partial charge in [-0.2, -0.15) is 5.10 Å². The number of benzene rings is 1. The Labute approximate surface area is 101 Å². The number of H-pyrrole nitrogens is 1. The summed E-state index contributed by atoms with van der Waals surface area (Å²) < 4.78 is 12.8. The smallest absolute Gasteiger partial charge is 0.123 e. The van der Waals surface area contributed by atoms with Gasteiger partial charge in [0.15, 0.2) is 0 Å². The van der Waals surface area contributed by atoms with Gasteiger partial charge in [0.1, 0.15) is 10.8 Å². The number of aromatic nitrogens is 3. The maximum Gasteiger partial charge on any atom is 0.123 e. The maximum atomic E-state index is 12.8. The van der Waals surface area contributed by atoms with Gasteiger partial charge in [-0.15, -0.1) is 0 Å². The van der Waals surface area contributed by atoms with E-state index in [0.29, 0.717) is 0 Å². The summed E-state index contributed by atoms with van der Waals surface area (Å²) in [7, 11) is 0. The number of nitrogens with zero attached hydrogens (tertiary/aromatic N) is 2. The molecule has 1 N–H and O–H groups in total. The van der Waals surface area contributed by atoms with E-state index in [4.69, 9.17) is 0 Å². The summed E-state index contributed by atoms with van der Waals surface area (Å²) in [4.78, 5) is 5.25. The van der Waals surface area contributed by atoms with Crippen LogP contribution in [0.25, 0.3) is 10.9 Å². The van der Waals surface area contributed by atoms with Gasteiger partial charge in [-0.25, -0.2) is 9.37 Å². The van der Waals surface area contributed by atoms with Crippen molar-refractivity contribution < 1.29 is 4.39 Å². The van der Waals surface area contributed by atoms with Crippen molar-refractivity contribution in [2.45, 2.75) is 9.92 Å². The number of hydrogen-bond donors (Lipinski definition) is 1. The molecule has 17 heavy (non-hydrogen) atoms. The third-order valence-corrected chi connectivity index (χ3v) is 3.28. The molecule has 84 valence electrons. The third-order valence-electron chi connectivity index (χ3n) is 2.34. The van der Waals surface area contributed by atoms with Crippen molar-refractivity contribution in [1.29, 1.82) is 0 Å². The number of aromatic amines is 1. The number of halogens is 1. The Hall–Kier alpha value is -1.88. The molecule has 0 amide bonds. The first-order valence-corrected chi connectivity index (χ1v) is 5.85. The topological polar surface area (TPSA) is 41.6 Å². The molecular weight excluding hydrogens is 237 g/mol. The van der Waals surface area contributed by atoms with Gasteiger partial charge in [0, 0.05) is 10.3 Å². The quantitative estimate of drug-likeness (QED) is 0.753. The lowest BCUT2D eigenvalue weighted by atomic mass is 10.3. The molecule has 3 nitrogen and oxygen atoms in total. The van der Waals surface area contributed by atoms with Crippen LogP contribution in [-0.4, -0.2) is 15.2 Å². The van der Waals surface area contributed by atoms with Crippen LogP contribution in [0, 0.1) is 5.82 Å². The Morgan fingerprint density at radius 2 is 1.94 bits per heavy atom. The minimum Gasteiger partial charge on any atom is -0.276 e. The molecule has 0 atom stereocenters. The molecule has 5 heteroatoms. The van der Waals surface area contributed by atoms with Crippen molar-refractivity contribution in [2.75, 3.05) is 0 Å². The second-order valence-corrected chi connectivity index (χ2v) is 4.63. The summed E-state index contributed by atoms with van der Waals surface area (Å²) in [6.45, 7) is 0. The number of fused-ring (bicyclic) bond motifs is 1. The summed E-state index contributed by atoms with van der Waals surface area (Å²) in [5, 5.41) is 8.67. The van der Waals surface area contributed by atoms with Gasteiger partial charge in [0.25, 0.3) is 0 Å². The highest BCUT2D eigenvalue weighted by Gasteiger charge is 2.02. The van der Waals surface area contributed by atoms with Crippen molar-refractivity contribution in [2.24, 2.45) is 0 Å². The SMILES string of the molecule is Fc1ccc(Sc2cc3cn[nH]c3cn2)cc1. The summed E-state index contributed by atoms with van der Waals surface area (Å²) in [5.41, 5.74) is 0.911. The fourth-order valence-corrected chi connectivity index (χ4v) is 2.31. The first-order valence-electron chi connectivity index (χ1n) is 5.04. The predicted molar refractivity (Wildman–Crippen MR) is 64.4 cm³/mol. The van der Waals surface area contributed by atoms with E-state index in [-0.39, 0.29) is 5.82 Å². The Morgan fingerprint density at radius 3 is 2.76 bits per heavy atom. The van der Waals surface area contributed by atoms with Crippen molar-refractivity contribution >= 4 is 22.7 Å². The molecule has 2 heterocycles. The van der Waals surface area contributed by atoms with Crippen LogP contribution < -0.4 is 0 Å². The average Bonchev–Trinajstić information content (AvgIpc) is 2.79. The number of pyridine rings is 1. The minimum atomic E-state index is -0.229. The highest BCUT2D eigenvalue weighted by molar-refractivity contribution is 7.99. The second kappa shape index (κ2) is 4.18. The van der Waals surface area contributed by atoms with Crippen LogP contribution in [0.5, 0.6) is 0 Å². The Kier molecular flexibility index (Phi) is 2.53. The minimum absolute atomic E-state index is 0.229. The normalized spacial score (nSPS) is 10.9. The van der Waals surface area contributed by atoms with E-state index in [2.05, 4.69) is 15.2 Å². The van der Waals surface area contributed by atoms with Crippen molar-refractivity contribution in [1.82, 2.24) is 15.2 Å². The largest absolute Gasteiger partial charge is 0.276 e. The molecule has 3 aromatic rings. The van der Waals surface area contributed by atoms with Gasteiger partial charge in [-0.05, 0) is 30.3 Å². The monoisotopic (exact) mass is 245 g/mol. The van der Waals surface area contributed by atoms with Gasteiger partial charge in [0.05, 0.1) is 17.9 Å². The van der Waals surface area contributed by atoms with Crippen molar-refractivity contribution in [3.8, 4) is 0 Å². The molecule has 0 spiro atoms. The van der Waals surface area contributed by atoms with Gasteiger partial charge < -0.3 is 0 Å². The molecule has 0 saturated carbocycles. The lowest BCUT2D eigenvalue weighted by Gasteiger charge is -2.00. The zero-order chi connectivity index (χ0) is 11.7. The fraction of sp³-hybridized carbons (Fsp3) is 0. The molecule has 3 rings (SSSR count). The maximum absolute atomic E-state index is 12.8. The number of hydrogen-bond acceptors (Lipinski definition) is 3. The molecule has 0 unspecified atom stereocenters. The molecule has 0 aliphatic rings. The average molecular weight is 245 g/mol. The van der Waals surface area contributed by atoms with Gasteiger partial charge in [0.2, 0.25) is 0 Å².